The van der Waals surface area contributed by atoms with Crippen molar-refractivity contribution in [3.63, 3.8) is 0 Å². The summed E-state index contributed by atoms with van der Waals surface area (Å²) in [5.74, 6) is 0.978. The molecule has 0 bridgehead atoms. The fourth-order valence-corrected chi connectivity index (χ4v) is 1.41. The average Bonchev–Trinajstić information content (AvgIpc) is 2.46. The summed E-state index contributed by atoms with van der Waals surface area (Å²) in [4.78, 5) is 11.0. The molecule has 1 amide bonds. The summed E-state index contributed by atoms with van der Waals surface area (Å²) >= 11 is 0. The molecular weight excluding hydrogens is 156 g/mol. The first-order valence-electron chi connectivity index (χ1n) is 4.13. The topological polar surface area (TPSA) is 56.4 Å². The van der Waals surface area contributed by atoms with Crippen LogP contribution < -0.4 is 16.3 Å². The number of carbonyl (C=O) groups excluding carboxylic acids is 1. The highest BCUT2D eigenvalue weighted by atomic mass is 16.2. The normalized spacial score (nSPS) is 22.1. The van der Waals surface area contributed by atoms with Gasteiger partial charge in [-0.25, -0.2) is 0 Å². The van der Waals surface area contributed by atoms with Crippen LogP contribution >= 0.6 is 0 Å². The lowest BCUT2D eigenvalue weighted by atomic mass is 10.2. The first-order chi connectivity index (χ1) is 5.81. The molecule has 0 saturated carbocycles. The van der Waals surface area contributed by atoms with E-state index in [2.05, 4.69) is 16.3 Å². The zero-order valence-electron chi connectivity index (χ0n) is 6.98. The smallest absolute Gasteiger partial charge is 0.225 e. The maximum absolute atomic E-state index is 11.0. The van der Waals surface area contributed by atoms with Crippen LogP contribution in [-0.4, -0.2) is 17.5 Å². The van der Waals surface area contributed by atoms with Crippen molar-refractivity contribution in [1.82, 2.24) is 21.3 Å². The zero-order chi connectivity index (χ0) is 8.55. The van der Waals surface area contributed by atoms with Crippen molar-refractivity contribution < 1.29 is 4.79 Å². The van der Waals surface area contributed by atoms with Crippen LogP contribution in [0.1, 0.15) is 19.8 Å². The van der Waals surface area contributed by atoms with Crippen molar-refractivity contribution in [2.75, 3.05) is 6.54 Å². The molecule has 5 nitrogen and oxygen atoms in total. The number of allylic oxidation sites excluding steroid dienone is 1. The van der Waals surface area contributed by atoms with Crippen LogP contribution in [0.4, 0.5) is 0 Å². The van der Waals surface area contributed by atoms with Crippen LogP contribution in [0.25, 0.3) is 0 Å². The van der Waals surface area contributed by atoms with Crippen LogP contribution in [0.3, 0.4) is 0 Å². The fourth-order valence-electron chi connectivity index (χ4n) is 1.41. The van der Waals surface area contributed by atoms with Gasteiger partial charge >= 0.3 is 0 Å². The summed E-state index contributed by atoms with van der Waals surface area (Å²) in [5, 5.41) is 4.70. The molecule has 0 aliphatic carbocycles. The Bertz CT molecular complexity index is 248. The third-order valence-electron chi connectivity index (χ3n) is 2.07. The number of rotatable bonds is 1. The summed E-state index contributed by atoms with van der Waals surface area (Å²) in [6.07, 6.45) is 1.37. The monoisotopic (exact) mass is 168 g/mol. The number of nitrogens with one attached hydrogen (secondary N) is 3. The Labute approximate surface area is 70.7 Å². The molecule has 0 saturated heterocycles. The fraction of sp³-hybridized carbons (Fsp3) is 0.571. The van der Waals surface area contributed by atoms with Gasteiger partial charge in [-0.2, -0.15) is 0 Å². The lowest BCUT2D eigenvalue weighted by molar-refractivity contribution is -0.121. The highest BCUT2D eigenvalue weighted by molar-refractivity contribution is 5.79. The molecule has 2 heterocycles. The van der Waals surface area contributed by atoms with Gasteiger partial charge in [0, 0.05) is 19.4 Å². The van der Waals surface area contributed by atoms with Gasteiger partial charge in [0.05, 0.1) is 5.70 Å². The lowest BCUT2D eigenvalue weighted by Gasteiger charge is -2.20. The highest BCUT2D eigenvalue weighted by Crippen LogP contribution is 2.17. The largest absolute Gasteiger partial charge is 0.310 e. The Morgan fingerprint density at radius 2 is 2.33 bits per heavy atom. The molecule has 0 aromatic rings. The SMILES string of the molecule is CCN1NNC2=C1NC(=O)CC2. The Kier molecular flexibility index (Phi) is 1.65. The summed E-state index contributed by atoms with van der Waals surface area (Å²) < 4.78 is 0. The zero-order valence-corrected chi connectivity index (χ0v) is 6.98. The summed E-state index contributed by atoms with van der Waals surface area (Å²) in [7, 11) is 0. The molecule has 0 atom stereocenters. The molecule has 0 aromatic heterocycles. The second-order valence-electron chi connectivity index (χ2n) is 2.86. The summed E-state index contributed by atoms with van der Waals surface area (Å²) in [5.41, 5.74) is 7.06. The van der Waals surface area contributed by atoms with E-state index in [1.54, 1.807) is 0 Å². The molecule has 0 radical (unpaired) electrons. The van der Waals surface area contributed by atoms with Gasteiger partial charge in [0.2, 0.25) is 5.91 Å². The standard InChI is InChI=1S/C7H12N4O/c1-2-11-7-5(9-10-11)3-4-6(12)8-7/h9-10H,2-4H2,1H3,(H,8,12). The maximum Gasteiger partial charge on any atom is 0.225 e. The minimum Gasteiger partial charge on any atom is -0.310 e. The number of hydrazine groups is 2. The van der Waals surface area contributed by atoms with Crippen molar-refractivity contribution in [3.05, 3.63) is 11.5 Å². The van der Waals surface area contributed by atoms with E-state index in [1.807, 2.05) is 11.9 Å². The van der Waals surface area contributed by atoms with Crippen molar-refractivity contribution in [3.8, 4) is 0 Å². The summed E-state index contributed by atoms with van der Waals surface area (Å²) in [6, 6.07) is 0. The quantitative estimate of drug-likeness (QED) is 0.490. The molecule has 3 N–H and O–H groups in total. The van der Waals surface area contributed by atoms with Gasteiger partial charge in [-0.05, 0) is 6.92 Å². The first kappa shape index (κ1) is 7.42. The van der Waals surface area contributed by atoms with E-state index in [-0.39, 0.29) is 5.91 Å². The third kappa shape index (κ3) is 1.02. The molecule has 2 aliphatic heterocycles. The van der Waals surface area contributed by atoms with E-state index in [4.69, 9.17) is 0 Å². The van der Waals surface area contributed by atoms with Gasteiger partial charge in [0.25, 0.3) is 0 Å². The van der Waals surface area contributed by atoms with E-state index >= 15 is 0 Å². The Balaban J connectivity index is 2.19. The number of hydrogen-bond acceptors (Lipinski definition) is 4. The molecule has 12 heavy (non-hydrogen) atoms. The predicted octanol–water partition coefficient (Wildman–Crippen LogP) is -0.590. The predicted molar refractivity (Wildman–Crippen MR) is 43.1 cm³/mol. The average molecular weight is 168 g/mol. The Hall–Kier alpha value is -1.23. The molecule has 5 heteroatoms. The Morgan fingerprint density at radius 1 is 1.50 bits per heavy atom. The van der Waals surface area contributed by atoms with E-state index in [1.165, 1.54) is 0 Å². The van der Waals surface area contributed by atoms with E-state index in [9.17, 15) is 4.79 Å². The van der Waals surface area contributed by atoms with Crippen LogP contribution in [0.5, 0.6) is 0 Å². The van der Waals surface area contributed by atoms with Crippen LogP contribution in [0, 0.1) is 0 Å². The summed E-state index contributed by atoms with van der Waals surface area (Å²) in [6.45, 7) is 2.84. The second kappa shape index (κ2) is 2.67. The third-order valence-corrected chi connectivity index (χ3v) is 2.07. The van der Waals surface area contributed by atoms with Gasteiger partial charge in [0.1, 0.15) is 5.82 Å². The van der Waals surface area contributed by atoms with E-state index < -0.39 is 0 Å². The van der Waals surface area contributed by atoms with Crippen molar-refractivity contribution in [1.29, 1.82) is 0 Å². The molecule has 0 spiro atoms. The van der Waals surface area contributed by atoms with E-state index in [0.29, 0.717) is 6.42 Å². The molecule has 0 unspecified atom stereocenters. The van der Waals surface area contributed by atoms with Gasteiger partial charge < -0.3 is 10.7 Å². The number of carbonyl (C=O) groups is 1. The van der Waals surface area contributed by atoms with Gasteiger partial charge in [0.15, 0.2) is 0 Å². The molecule has 2 aliphatic rings. The highest BCUT2D eigenvalue weighted by Gasteiger charge is 2.26. The lowest BCUT2D eigenvalue weighted by Crippen LogP contribution is -2.41. The van der Waals surface area contributed by atoms with Crippen LogP contribution in [0.2, 0.25) is 0 Å². The number of amides is 1. The van der Waals surface area contributed by atoms with Gasteiger partial charge in [-0.15, -0.1) is 5.53 Å². The van der Waals surface area contributed by atoms with Crippen molar-refractivity contribution in [2.45, 2.75) is 19.8 Å². The maximum atomic E-state index is 11.0. The molecule has 0 aromatic carbocycles. The minimum absolute atomic E-state index is 0.0951. The molecule has 0 fully saturated rings. The minimum atomic E-state index is 0.0951. The van der Waals surface area contributed by atoms with E-state index in [0.717, 1.165) is 24.5 Å². The van der Waals surface area contributed by atoms with Gasteiger partial charge in [-0.1, -0.05) is 0 Å². The van der Waals surface area contributed by atoms with Crippen LogP contribution in [-0.2, 0) is 4.79 Å². The molecule has 2 rings (SSSR count). The first-order valence-corrected chi connectivity index (χ1v) is 4.13. The second-order valence-corrected chi connectivity index (χ2v) is 2.86. The van der Waals surface area contributed by atoms with Crippen LogP contribution in [0.15, 0.2) is 11.5 Å². The number of hydrogen-bond donors (Lipinski definition) is 3. The molecule has 66 valence electrons. The molecular formula is C7H12N4O. The number of nitrogens with zero attached hydrogens (tertiary/aromatic N) is 1. The van der Waals surface area contributed by atoms with Crippen molar-refractivity contribution >= 4 is 5.91 Å². The van der Waals surface area contributed by atoms with Gasteiger partial charge in [-0.3, -0.25) is 9.80 Å². The Morgan fingerprint density at radius 3 is 3.08 bits per heavy atom. The van der Waals surface area contributed by atoms with Crippen molar-refractivity contribution in [2.24, 2.45) is 0 Å².